The second-order valence-electron chi connectivity index (χ2n) is 3.66. The van der Waals surface area contributed by atoms with Gasteiger partial charge in [-0.3, -0.25) is 0 Å². The van der Waals surface area contributed by atoms with Crippen LogP contribution in [-0.2, 0) is 0 Å². The van der Waals surface area contributed by atoms with Gasteiger partial charge in [0, 0.05) is 0 Å². The van der Waals surface area contributed by atoms with E-state index >= 15 is 0 Å². The molecule has 0 aromatic heterocycles. The second kappa shape index (κ2) is 6.17. The Hall–Kier alpha value is -1.86. The van der Waals surface area contributed by atoms with Crippen LogP contribution < -0.4 is 4.35 Å². The van der Waals surface area contributed by atoms with E-state index in [2.05, 4.69) is 10.2 Å². The summed E-state index contributed by atoms with van der Waals surface area (Å²) in [6.45, 7) is 0. The van der Waals surface area contributed by atoms with Gasteiger partial charge in [0.2, 0.25) is 0 Å². The first-order chi connectivity index (χ1) is 8.77. The molecule has 0 aliphatic rings. The third-order valence-corrected chi connectivity index (χ3v) is 3.31. The second-order valence-corrected chi connectivity index (χ2v) is 4.96. The molecule has 1 N–H and O–H groups in total. The quantitative estimate of drug-likeness (QED) is 0.686. The van der Waals surface area contributed by atoms with Gasteiger partial charge in [-0.25, -0.2) is 0 Å². The number of rotatable bonds is 3. The summed E-state index contributed by atoms with van der Waals surface area (Å²) in [6, 6.07) is 15.2. The average Bonchev–Trinajstić information content (AvgIpc) is 2.38. The van der Waals surface area contributed by atoms with Crippen LogP contribution in [0.1, 0.15) is 5.56 Å². The molecule has 1 atom stereocenters. The zero-order chi connectivity index (χ0) is 12.8. The van der Waals surface area contributed by atoms with Crippen molar-refractivity contribution in [1.29, 1.82) is 0 Å². The van der Waals surface area contributed by atoms with E-state index in [-0.39, 0.29) is 5.75 Å². The molecule has 2 aromatic rings. The summed E-state index contributed by atoms with van der Waals surface area (Å²) in [5.74, 6) is 0.161. The third-order valence-electron chi connectivity index (χ3n) is 2.34. The molecule has 3 nitrogen and oxygen atoms in total. The molecule has 0 fully saturated rings. The molecule has 2 aromatic carbocycles. The molecule has 0 bridgehead atoms. The first-order valence-corrected chi connectivity index (χ1v) is 6.68. The first kappa shape index (κ1) is 12.6. The molecule has 1 unspecified atom stereocenters. The van der Waals surface area contributed by atoms with Crippen molar-refractivity contribution in [2.75, 3.05) is 0 Å². The Morgan fingerprint density at radius 2 is 1.78 bits per heavy atom. The van der Waals surface area contributed by atoms with E-state index in [1.54, 1.807) is 18.3 Å². The van der Waals surface area contributed by atoms with Gasteiger partial charge in [-0.1, -0.05) is 0 Å². The van der Waals surface area contributed by atoms with Crippen LogP contribution in [0.2, 0.25) is 0 Å². The number of hydrogen-bond donors (Lipinski definition) is 1. The fourth-order valence-corrected chi connectivity index (χ4v) is 2.10. The fraction of sp³-hybridized carbons (Fsp3) is 0. The van der Waals surface area contributed by atoms with Crippen LogP contribution in [0.15, 0.2) is 65.0 Å². The summed E-state index contributed by atoms with van der Waals surface area (Å²) >= 11 is 1.41. The van der Waals surface area contributed by atoms with Gasteiger partial charge in [0.25, 0.3) is 0 Å². The number of azo groups is 1. The monoisotopic (exact) mass is 300 g/mol. The van der Waals surface area contributed by atoms with Crippen molar-refractivity contribution in [2.24, 2.45) is 10.2 Å². The van der Waals surface area contributed by atoms with Crippen molar-refractivity contribution in [1.82, 2.24) is 0 Å². The topological polar surface area (TPSA) is 45.0 Å². The van der Waals surface area contributed by atoms with Gasteiger partial charge >= 0.3 is 114 Å². The van der Waals surface area contributed by atoms with Crippen LogP contribution in [0, 0.1) is 0 Å². The molecule has 0 amide bonds. The van der Waals surface area contributed by atoms with Gasteiger partial charge in [-0.2, -0.15) is 0 Å². The molecule has 0 aliphatic heterocycles. The Morgan fingerprint density at radius 1 is 1.00 bits per heavy atom. The summed E-state index contributed by atoms with van der Waals surface area (Å²) < 4.78 is 0.958. The molecule has 90 valence electrons. The van der Waals surface area contributed by atoms with Gasteiger partial charge in [0.15, 0.2) is 0 Å². The fourth-order valence-electron chi connectivity index (χ4n) is 1.43. The number of hydrogen-bond acceptors (Lipinski definition) is 3. The van der Waals surface area contributed by atoms with Gasteiger partial charge in [-0.05, 0) is 0 Å². The Balaban J connectivity index is 2.11. The van der Waals surface area contributed by atoms with E-state index in [1.165, 1.54) is 16.9 Å². The van der Waals surface area contributed by atoms with Crippen LogP contribution in [0.4, 0.5) is 5.69 Å². The molecule has 0 aliphatic carbocycles. The number of benzene rings is 2. The summed E-state index contributed by atoms with van der Waals surface area (Å²) in [5.41, 5.74) is 1.60. The number of aromatic hydroxyl groups is 1. The zero-order valence-corrected chi connectivity index (χ0v) is 12.1. The molecule has 2 rings (SSSR count). The SMILES string of the molecule is Oc1cccc([AsH2])c1N=NC=Cc1ccccc1. The van der Waals surface area contributed by atoms with Gasteiger partial charge < -0.3 is 0 Å². The van der Waals surface area contributed by atoms with Crippen molar-refractivity contribution in [3.05, 3.63) is 60.3 Å². The molecule has 0 heterocycles. The standard InChI is InChI=1S/C14H13AsN2O/c15-12-7-4-8-13(18)14(12)17-16-10-9-11-5-2-1-3-6-11/h1-10,18H,15H2. The Kier molecular flexibility index (Phi) is 4.32. The third kappa shape index (κ3) is 3.31. The predicted octanol–water partition coefficient (Wildman–Crippen LogP) is 2.41. The molecule has 0 saturated heterocycles. The molecule has 0 saturated carbocycles. The van der Waals surface area contributed by atoms with Gasteiger partial charge in [0.1, 0.15) is 0 Å². The zero-order valence-electron chi connectivity index (χ0n) is 9.69. The van der Waals surface area contributed by atoms with Crippen molar-refractivity contribution in [2.45, 2.75) is 0 Å². The summed E-state index contributed by atoms with van der Waals surface area (Å²) in [7, 11) is 0. The number of phenols is 1. The number of phenolic OH excluding ortho intramolecular Hbond substituents is 1. The van der Waals surface area contributed by atoms with E-state index in [0.717, 1.165) is 9.91 Å². The van der Waals surface area contributed by atoms with Crippen LogP contribution in [0.5, 0.6) is 5.75 Å². The van der Waals surface area contributed by atoms with E-state index in [1.807, 2.05) is 42.5 Å². The van der Waals surface area contributed by atoms with Crippen LogP contribution in [0.25, 0.3) is 6.08 Å². The van der Waals surface area contributed by atoms with Crippen molar-refractivity contribution in [3.63, 3.8) is 0 Å². The van der Waals surface area contributed by atoms with Crippen LogP contribution in [0.3, 0.4) is 0 Å². The maximum atomic E-state index is 9.64. The summed E-state index contributed by atoms with van der Waals surface area (Å²) in [4.78, 5) is 0. The van der Waals surface area contributed by atoms with Crippen molar-refractivity contribution < 1.29 is 5.11 Å². The number of nitrogens with zero attached hydrogens (tertiary/aromatic N) is 2. The van der Waals surface area contributed by atoms with Crippen LogP contribution >= 0.6 is 0 Å². The Labute approximate surface area is 114 Å². The van der Waals surface area contributed by atoms with E-state index in [9.17, 15) is 5.11 Å². The van der Waals surface area contributed by atoms with E-state index in [0.29, 0.717) is 5.69 Å². The Bertz CT molecular complexity index is 559. The van der Waals surface area contributed by atoms with Gasteiger partial charge in [0.05, 0.1) is 0 Å². The molecule has 0 spiro atoms. The molecular formula is C14H13AsN2O. The van der Waals surface area contributed by atoms with E-state index < -0.39 is 0 Å². The Morgan fingerprint density at radius 3 is 2.50 bits per heavy atom. The summed E-state index contributed by atoms with van der Waals surface area (Å²) in [5, 5.41) is 17.6. The van der Waals surface area contributed by atoms with Crippen molar-refractivity contribution >= 4 is 33.0 Å². The first-order valence-electron chi connectivity index (χ1n) is 5.47. The molecule has 18 heavy (non-hydrogen) atoms. The minimum atomic E-state index is 0.161. The van der Waals surface area contributed by atoms with Gasteiger partial charge in [-0.15, -0.1) is 0 Å². The summed E-state index contributed by atoms with van der Waals surface area (Å²) in [6.07, 6.45) is 3.48. The minimum absolute atomic E-state index is 0.161. The van der Waals surface area contributed by atoms with Crippen molar-refractivity contribution in [3.8, 4) is 5.75 Å². The predicted molar refractivity (Wildman–Crippen MR) is 76.3 cm³/mol. The van der Waals surface area contributed by atoms with Crippen LogP contribution in [-0.4, -0.2) is 22.0 Å². The molecule has 4 heteroatoms. The van der Waals surface area contributed by atoms with E-state index in [4.69, 9.17) is 0 Å². The molecule has 0 radical (unpaired) electrons. The molecular weight excluding hydrogens is 287 g/mol. The maximum absolute atomic E-state index is 9.64. The average molecular weight is 300 g/mol. The normalized spacial score (nSPS) is 11.4.